The molecule has 1 saturated heterocycles. The summed E-state index contributed by atoms with van der Waals surface area (Å²) in [5.41, 5.74) is -1.29. The van der Waals surface area contributed by atoms with Gasteiger partial charge in [0.15, 0.2) is 5.41 Å². The first-order chi connectivity index (χ1) is 6.52. The monoisotopic (exact) mass is 196 g/mol. The van der Waals surface area contributed by atoms with E-state index in [9.17, 15) is 9.59 Å². The lowest BCUT2D eigenvalue weighted by Crippen LogP contribution is -2.45. The number of carbonyl (C=O) groups excluding carboxylic acids is 1. The molecule has 0 saturated carbocycles. The van der Waals surface area contributed by atoms with Gasteiger partial charge in [-0.3, -0.25) is 9.59 Å². The highest BCUT2D eigenvalue weighted by Gasteiger charge is 2.42. The smallest absolute Gasteiger partial charge is 0.324 e. The van der Waals surface area contributed by atoms with Crippen molar-refractivity contribution in [2.45, 2.75) is 19.8 Å². The lowest BCUT2D eigenvalue weighted by molar-refractivity contribution is -0.149. The molecule has 0 aliphatic carbocycles. The molecule has 0 aromatic rings. The SMILES string of the molecule is CC(=O)N1CCC(C#N)(C(=O)O)CC1. The molecule has 0 radical (unpaired) electrons. The van der Waals surface area contributed by atoms with Crippen LogP contribution in [0.5, 0.6) is 0 Å². The summed E-state index contributed by atoms with van der Waals surface area (Å²) in [6, 6.07) is 1.84. The Morgan fingerprint density at radius 1 is 1.43 bits per heavy atom. The molecule has 0 spiro atoms. The van der Waals surface area contributed by atoms with E-state index in [1.165, 1.54) is 6.92 Å². The van der Waals surface area contributed by atoms with Crippen LogP contribution < -0.4 is 0 Å². The van der Waals surface area contributed by atoms with Crippen molar-refractivity contribution >= 4 is 11.9 Å². The van der Waals surface area contributed by atoms with E-state index >= 15 is 0 Å². The molecule has 14 heavy (non-hydrogen) atoms. The molecular weight excluding hydrogens is 184 g/mol. The van der Waals surface area contributed by atoms with Gasteiger partial charge in [-0.25, -0.2) is 0 Å². The first-order valence-electron chi connectivity index (χ1n) is 4.42. The summed E-state index contributed by atoms with van der Waals surface area (Å²) in [5.74, 6) is -1.15. The summed E-state index contributed by atoms with van der Waals surface area (Å²) in [5, 5.41) is 17.7. The Hall–Kier alpha value is -1.57. The molecule has 0 aromatic heterocycles. The normalized spacial score (nSPS) is 19.9. The standard InChI is InChI=1S/C9H12N2O3/c1-7(12)11-4-2-9(6-10,3-5-11)8(13)14/h2-5H2,1H3,(H,13,14). The van der Waals surface area contributed by atoms with Gasteiger partial charge in [0.1, 0.15) is 0 Å². The highest BCUT2D eigenvalue weighted by molar-refractivity contribution is 5.79. The number of amides is 1. The predicted octanol–water partition coefficient (Wildman–Crippen LogP) is 0.223. The minimum absolute atomic E-state index is 0.0677. The fourth-order valence-corrected chi connectivity index (χ4v) is 1.58. The van der Waals surface area contributed by atoms with Crippen LogP contribution in [0, 0.1) is 16.7 Å². The zero-order valence-electron chi connectivity index (χ0n) is 7.99. The number of carbonyl (C=O) groups is 2. The maximum Gasteiger partial charge on any atom is 0.324 e. The van der Waals surface area contributed by atoms with Crippen LogP contribution in [-0.4, -0.2) is 35.0 Å². The van der Waals surface area contributed by atoms with E-state index in [0.717, 1.165) is 0 Å². The van der Waals surface area contributed by atoms with Crippen LogP contribution in [0.3, 0.4) is 0 Å². The van der Waals surface area contributed by atoms with Gasteiger partial charge in [0.05, 0.1) is 6.07 Å². The average molecular weight is 196 g/mol. The molecule has 0 atom stereocenters. The minimum atomic E-state index is -1.29. The third-order valence-corrected chi connectivity index (χ3v) is 2.69. The topological polar surface area (TPSA) is 81.4 Å². The number of carboxylic acid groups (broad SMARTS) is 1. The molecule has 1 aliphatic heterocycles. The van der Waals surface area contributed by atoms with Crippen LogP contribution in [0.25, 0.3) is 0 Å². The van der Waals surface area contributed by atoms with Crippen LogP contribution in [0.15, 0.2) is 0 Å². The Balaban J connectivity index is 2.70. The van der Waals surface area contributed by atoms with Crippen LogP contribution >= 0.6 is 0 Å². The molecule has 5 nitrogen and oxygen atoms in total. The lowest BCUT2D eigenvalue weighted by atomic mass is 9.80. The fraction of sp³-hybridized carbons (Fsp3) is 0.667. The predicted molar refractivity (Wildman–Crippen MR) is 47.2 cm³/mol. The third-order valence-electron chi connectivity index (χ3n) is 2.69. The van der Waals surface area contributed by atoms with E-state index in [-0.39, 0.29) is 18.7 Å². The summed E-state index contributed by atoms with van der Waals surface area (Å²) in [4.78, 5) is 23.4. The molecule has 5 heteroatoms. The Morgan fingerprint density at radius 3 is 2.21 bits per heavy atom. The number of piperidine rings is 1. The second-order valence-corrected chi connectivity index (χ2v) is 3.51. The number of rotatable bonds is 1. The van der Waals surface area contributed by atoms with Crippen LogP contribution in [0.4, 0.5) is 0 Å². The van der Waals surface area contributed by atoms with Gasteiger partial charge in [-0.05, 0) is 12.8 Å². The van der Waals surface area contributed by atoms with Gasteiger partial charge in [-0.1, -0.05) is 0 Å². The quantitative estimate of drug-likeness (QED) is 0.650. The second kappa shape index (κ2) is 3.66. The Morgan fingerprint density at radius 2 is 1.93 bits per heavy atom. The first-order valence-corrected chi connectivity index (χ1v) is 4.42. The number of nitrogens with zero attached hydrogens (tertiary/aromatic N) is 2. The third kappa shape index (κ3) is 1.69. The largest absolute Gasteiger partial charge is 0.480 e. The zero-order valence-corrected chi connectivity index (χ0v) is 7.99. The lowest BCUT2D eigenvalue weighted by Gasteiger charge is -2.33. The number of hydrogen-bond acceptors (Lipinski definition) is 3. The molecule has 1 fully saturated rings. The molecule has 76 valence electrons. The Labute approximate surface area is 81.9 Å². The van der Waals surface area contributed by atoms with Crippen molar-refractivity contribution in [1.29, 1.82) is 5.26 Å². The molecule has 1 amide bonds. The Kier molecular flexibility index (Phi) is 2.75. The molecule has 0 aromatic carbocycles. The Bertz CT molecular complexity index is 298. The second-order valence-electron chi connectivity index (χ2n) is 3.51. The molecule has 1 heterocycles. The molecule has 1 rings (SSSR count). The van der Waals surface area contributed by atoms with Crippen LogP contribution in [0.1, 0.15) is 19.8 Å². The number of likely N-dealkylation sites (tertiary alicyclic amines) is 1. The van der Waals surface area contributed by atoms with Gasteiger partial charge < -0.3 is 10.0 Å². The maximum atomic E-state index is 11.0. The van der Waals surface area contributed by atoms with E-state index in [0.29, 0.717) is 13.1 Å². The summed E-state index contributed by atoms with van der Waals surface area (Å²) in [6.45, 7) is 2.16. The highest BCUT2D eigenvalue weighted by Crippen LogP contribution is 2.30. The van der Waals surface area contributed by atoms with Crippen LogP contribution in [0.2, 0.25) is 0 Å². The molecule has 1 aliphatic rings. The van der Waals surface area contributed by atoms with E-state index in [2.05, 4.69) is 0 Å². The van der Waals surface area contributed by atoms with Gasteiger partial charge in [-0.2, -0.15) is 5.26 Å². The van der Waals surface area contributed by atoms with E-state index in [4.69, 9.17) is 10.4 Å². The van der Waals surface area contributed by atoms with E-state index < -0.39 is 11.4 Å². The van der Waals surface area contributed by atoms with E-state index in [1.807, 2.05) is 6.07 Å². The molecular formula is C9H12N2O3. The van der Waals surface area contributed by atoms with Gasteiger partial charge in [0.25, 0.3) is 0 Å². The zero-order chi connectivity index (χ0) is 10.8. The first kappa shape index (κ1) is 10.5. The van der Waals surface area contributed by atoms with Crippen LogP contribution in [-0.2, 0) is 9.59 Å². The van der Waals surface area contributed by atoms with Crippen molar-refractivity contribution in [3.63, 3.8) is 0 Å². The summed E-state index contributed by atoms with van der Waals surface area (Å²) in [6.07, 6.45) is 0.441. The summed E-state index contributed by atoms with van der Waals surface area (Å²) >= 11 is 0. The average Bonchev–Trinajstić information content (AvgIpc) is 2.17. The summed E-state index contributed by atoms with van der Waals surface area (Å²) < 4.78 is 0. The maximum absolute atomic E-state index is 11.0. The van der Waals surface area contributed by atoms with Crippen molar-refractivity contribution in [2.75, 3.05) is 13.1 Å². The molecule has 1 N–H and O–H groups in total. The van der Waals surface area contributed by atoms with Gasteiger partial charge in [0, 0.05) is 20.0 Å². The van der Waals surface area contributed by atoms with Gasteiger partial charge >= 0.3 is 5.97 Å². The van der Waals surface area contributed by atoms with Gasteiger partial charge in [-0.15, -0.1) is 0 Å². The molecule has 0 bridgehead atoms. The fourth-order valence-electron chi connectivity index (χ4n) is 1.58. The highest BCUT2D eigenvalue weighted by atomic mass is 16.4. The van der Waals surface area contributed by atoms with Crippen molar-refractivity contribution in [2.24, 2.45) is 5.41 Å². The minimum Gasteiger partial charge on any atom is -0.480 e. The number of aliphatic carboxylic acids is 1. The number of carboxylic acids is 1. The number of hydrogen-bond donors (Lipinski definition) is 1. The van der Waals surface area contributed by atoms with Crippen molar-refractivity contribution < 1.29 is 14.7 Å². The number of nitriles is 1. The van der Waals surface area contributed by atoms with Gasteiger partial charge in [0.2, 0.25) is 5.91 Å². The van der Waals surface area contributed by atoms with E-state index in [1.54, 1.807) is 4.90 Å². The van der Waals surface area contributed by atoms with Crippen molar-refractivity contribution in [3.8, 4) is 6.07 Å². The molecule has 0 unspecified atom stereocenters. The van der Waals surface area contributed by atoms with Crippen molar-refractivity contribution in [1.82, 2.24) is 4.90 Å². The summed E-state index contributed by atoms with van der Waals surface area (Å²) in [7, 11) is 0. The van der Waals surface area contributed by atoms with Crippen molar-refractivity contribution in [3.05, 3.63) is 0 Å².